The molecule has 1 aromatic heterocycles. The van der Waals surface area contributed by atoms with Crippen molar-refractivity contribution in [1.82, 2.24) is 4.98 Å². The van der Waals surface area contributed by atoms with Gasteiger partial charge in [0.1, 0.15) is 0 Å². The van der Waals surface area contributed by atoms with Crippen LogP contribution in [0.25, 0.3) is 32.7 Å². The molecule has 3 heteroatoms. The van der Waals surface area contributed by atoms with Gasteiger partial charge in [-0.3, -0.25) is 4.98 Å². The van der Waals surface area contributed by atoms with E-state index >= 15 is 0 Å². The maximum absolute atomic E-state index is 9.48. The molecule has 1 aliphatic rings. The number of benzene rings is 3. The lowest BCUT2D eigenvalue weighted by Crippen LogP contribution is -2.28. The summed E-state index contributed by atoms with van der Waals surface area (Å²) >= 11 is 2.00. The van der Waals surface area contributed by atoms with Crippen LogP contribution in [0.15, 0.2) is 71.9 Å². The largest absolute Gasteiger partial charge is 0.263 e. The van der Waals surface area contributed by atoms with E-state index in [0.29, 0.717) is 10.3 Å². The lowest BCUT2D eigenvalue weighted by molar-refractivity contribution is 0.392. The van der Waals surface area contributed by atoms with Crippen LogP contribution in [0.1, 0.15) is 31.7 Å². The number of nitrogens with zero attached hydrogens (tertiary/aromatic N) is 2. The summed E-state index contributed by atoms with van der Waals surface area (Å²) in [7, 11) is 0. The average Bonchev–Trinajstić information content (AvgIpc) is 2.71. The van der Waals surface area contributed by atoms with Gasteiger partial charge in [0.25, 0.3) is 0 Å². The Balaban J connectivity index is 1.71. The van der Waals surface area contributed by atoms with Gasteiger partial charge in [0.15, 0.2) is 0 Å². The van der Waals surface area contributed by atoms with Crippen molar-refractivity contribution in [3.8, 4) is 17.2 Å². The number of rotatable bonds is 3. The quantitative estimate of drug-likeness (QED) is 0.385. The maximum Gasteiger partial charge on any atom is 0.0998 e. The summed E-state index contributed by atoms with van der Waals surface area (Å²) in [6, 6.07) is 21.2. The van der Waals surface area contributed by atoms with Gasteiger partial charge >= 0.3 is 0 Å². The molecule has 0 N–H and O–H groups in total. The van der Waals surface area contributed by atoms with E-state index in [9.17, 15) is 5.26 Å². The topological polar surface area (TPSA) is 36.7 Å². The molecule has 0 spiro atoms. The molecule has 0 unspecified atom stereocenters. The molecule has 1 heterocycles. The van der Waals surface area contributed by atoms with Gasteiger partial charge in [0.2, 0.25) is 0 Å². The van der Waals surface area contributed by atoms with Crippen LogP contribution in [0.2, 0.25) is 0 Å². The van der Waals surface area contributed by atoms with E-state index in [4.69, 9.17) is 0 Å². The van der Waals surface area contributed by atoms with Crippen LogP contribution in [0.4, 0.5) is 0 Å². The minimum atomic E-state index is 0.377. The number of hydrogen-bond acceptors (Lipinski definition) is 3. The Bertz CT molecular complexity index is 1250. The zero-order valence-corrected chi connectivity index (χ0v) is 16.6. The van der Waals surface area contributed by atoms with Crippen LogP contribution in [0, 0.1) is 11.3 Å². The average molecular weight is 381 g/mol. The first-order valence-electron chi connectivity index (χ1n) is 9.66. The Morgan fingerprint density at radius 3 is 2.50 bits per heavy atom. The predicted molar refractivity (Wildman–Crippen MR) is 118 cm³/mol. The van der Waals surface area contributed by atoms with Crippen molar-refractivity contribution in [1.29, 1.82) is 5.26 Å². The molecule has 1 aliphatic carbocycles. The van der Waals surface area contributed by atoms with Crippen molar-refractivity contribution >= 4 is 33.3 Å². The van der Waals surface area contributed by atoms with Gasteiger partial charge in [0, 0.05) is 38.4 Å². The summed E-state index contributed by atoms with van der Waals surface area (Å²) < 4.78 is 0.377. The van der Waals surface area contributed by atoms with Crippen molar-refractivity contribution in [3.63, 3.8) is 0 Å². The van der Waals surface area contributed by atoms with Crippen molar-refractivity contribution in [2.75, 3.05) is 0 Å². The Morgan fingerprint density at radius 1 is 0.929 bits per heavy atom. The van der Waals surface area contributed by atoms with Crippen molar-refractivity contribution in [2.45, 2.75) is 35.8 Å². The molecule has 1 fully saturated rings. The highest BCUT2D eigenvalue weighted by molar-refractivity contribution is 8.00. The number of pyridine rings is 1. The molecule has 0 atom stereocenters. The Kier molecular flexibility index (Phi) is 4.10. The van der Waals surface area contributed by atoms with Crippen LogP contribution in [0.3, 0.4) is 0 Å². The Labute approximate surface area is 169 Å². The van der Waals surface area contributed by atoms with Gasteiger partial charge in [-0.25, -0.2) is 0 Å². The number of nitriles is 1. The minimum absolute atomic E-state index is 0.377. The van der Waals surface area contributed by atoms with Gasteiger partial charge in [-0.15, -0.1) is 11.8 Å². The van der Waals surface area contributed by atoms with Crippen LogP contribution >= 0.6 is 11.8 Å². The van der Waals surface area contributed by atoms with Gasteiger partial charge in [-0.05, 0) is 47.4 Å². The van der Waals surface area contributed by atoms with E-state index < -0.39 is 0 Å². The molecule has 1 saturated carbocycles. The number of hydrogen-bond donors (Lipinski definition) is 0. The SMILES string of the molecule is CC1(Sc2ccc3cncc(-c4ccc(C#N)c5ccccc45)c3c2)CCC1. The van der Waals surface area contributed by atoms with Gasteiger partial charge in [0.05, 0.1) is 11.6 Å². The molecule has 0 bridgehead atoms. The van der Waals surface area contributed by atoms with Gasteiger partial charge in [-0.1, -0.05) is 49.7 Å². The highest BCUT2D eigenvalue weighted by Gasteiger charge is 2.32. The normalized spacial score (nSPS) is 15.3. The molecule has 4 aromatic rings. The lowest BCUT2D eigenvalue weighted by atomic mass is 9.86. The van der Waals surface area contributed by atoms with Gasteiger partial charge < -0.3 is 0 Å². The summed E-state index contributed by atoms with van der Waals surface area (Å²) in [5, 5.41) is 13.9. The molecule has 136 valence electrons. The fourth-order valence-corrected chi connectivity index (χ4v) is 5.49. The second-order valence-corrected chi connectivity index (χ2v) is 9.45. The van der Waals surface area contributed by atoms with E-state index in [1.54, 1.807) is 0 Å². The summed E-state index contributed by atoms with van der Waals surface area (Å²) in [6.45, 7) is 2.37. The van der Waals surface area contributed by atoms with E-state index in [2.05, 4.69) is 48.3 Å². The first kappa shape index (κ1) is 17.3. The third-order valence-corrected chi connectivity index (χ3v) is 7.23. The fraction of sp³-hybridized carbons (Fsp3) is 0.200. The van der Waals surface area contributed by atoms with E-state index in [1.165, 1.54) is 29.5 Å². The second-order valence-electron chi connectivity index (χ2n) is 7.79. The third kappa shape index (κ3) is 2.85. The monoisotopic (exact) mass is 380 g/mol. The fourth-order valence-electron chi connectivity index (χ4n) is 4.11. The molecule has 2 nitrogen and oxygen atoms in total. The molecular formula is C25H20N2S. The predicted octanol–water partition coefficient (Wildman–Crippen LogP) is 6.96. The molecule has 0 radical (unpaired) electrons. The maximum atomic E-state index is 9.48. The van der Waals surface area contributed by atoms with Crippen molar-refractivity contribution in [2.24, 2.45) is 0 Å². The standard InChI is InChI=1S/C25H20N2S/c1-25(11-4-12-25)28-19-9-7-18-15-27-16-24(23(18)13-19)22-10-8-17(14-26)20-5-2-3-6-21(20)22/h2-3,5-10,13,15-16H,4,11-12H2,1H3. The first-order chi connectivity index (χ1) is 13.7. The van der Waals surface area contributed by atoms with E-state index in [1.807, 2.05) is 48.4 Å². The van der Waals surface area contributed by atoms with E-state index in [-0.39, 0.29) is 0 Å². The molecule has 3 aromatic carbocycles. The molecule has 5 rings (SSSR count). The highest BCUT2D eigenvalue weighted by Crippen LogP contribution is 2.48. The smallest absolute Gasteiger partial charge is 0.0998 e. The second kappa shape index (κ2) is 6.65. The zero-order chi connectivity index (χ0) is 19.1. The molecule has 28 heavy (non-hydrogen) atoms. The first-order valence-corrected chi connectivity index (χ1v) is 10.5. The lowest BCUT2D eigenvalue weighted by Gasteiger charge is -2.37. The summed E-state index contributed by atoms with van der Waals surface area (Å²) in [4.78, 5) is 5.82. The number of fused-ring (bicyclic) bond motifs is 2. The Hall–Kier alpha value is -2.83. The van der Waals surface area contributed by atoms with E-state index in [0.717, 1.165) is 27.3 Å². The Morgan fingerprint density at radius 2 is 1.75 bits per heavy atom. The van der Waals surface area contributed by atoms with Crippen molar-refractivity contribution in [3.05, 3.63) is 72.6 Å². The van der Waals surface area contributed by atoms with Crippen LogP contribution < -0.4 is 0 Å². The molecule has 0 aliphatic heterocycles. The summed E-state index contributed by atoms with van der Waals surface area (Å²) in [6.07, 6.45) is 7.81. The molecular weight excluding hydrogens is 360 g/mol. The third-order valence-electron chi connectivity index (χ3n) is 5.84. The highest BCUT2D eigenvalue weighted by atomic mass is 32.2. The van der Waals surface area contributed by atoms with Gasteiger partial charge in [-0.2, -0.15) is 5.26 Å². The minimum Gasteiger partial charge on any atom is -0.263 e. The van der Waals surface area contributed by atoms with Crippen LogP contribution in [-0.2, 0) is 0 Å². The molecule has 0 amide bonds. The molecule has 0 saturated heterocycles. The number of thioether (sulfide) groups is 1. The van der Waals surface area contributed by atoms with Crippen LogP contribution in [0.5, 0.6) is 0 Å². The number of aromatic nitrogens is 1. The van der Waals surface area contributed by atoms with Crippen LogP contribution in [-0.4, -0.2) is 9.73 Å². The van der Waals surface area contributed by atoms with Crippen molar-refractivity contribution < 1.29 is 0 Å². The summed E-state index contributed by atoms with van der Waals surface area (Å²) in [5.41, 5.74) is 2.96. The summed E-state index contributed by atoms with van der Waals surface area (Å²) in [5.74, 6) is 0. The zero-order valence-electron chi connectivity index (χ0n) is 15.8.